The second-order valence-electron chi connectivity index (χ2n) is 4.25. The highest BCUT2D eigenvalue weighted by Gasteiger charge is 2.19. The zero-order valence-electron chi connectivity index (χ0n) is 9.97. The van der Waals surface area contributed by atoms with Gasteiger partial charge in [0.2, 0.25) is 0 Å². The molecule has 4 heteroatoms. The third kappa shape index (κ3) is 4.54. The minimum atomic E-state index is -0.833. The Morgan fingerprint density at radius 2 is 1.94 bits per heavy atom. The zero-order chi connectivity index (χ0) is 12.7. The maximum absolute atomic E-state index is 11.2. The number of aliphatic hydroxyl groups excluding tert-OH is 1. The van der Waals surface area contributed by atoms with Crippen LogP contribution in [-0.2, 0) is 4.79 Å². The van der Waals surface area contributed by atoms with Gasteiger partial charge in [-0.3, -0.25) is 4.79 Å². The van der Waals surface area contributed by atoms with E-state index in [0.717, 1.165) is 5.56 Å². The maximum atomic E-state index is 11.2. The molecule has 2 unspecified atom stereocenters. The molecule has 3 N–H and O–H groups in total. The van der Waals surface area contributed by atoms with Crippen LogP contribution in [0.4, 0.5) is 0 Å². The van der Waals surface area contributed by atoms with Gasteiger partial charge < -0.3 is 15.5 Å². The number of aliphatic carboxylic acids is 1. The van der Waals surface area contributed by atoms with Crippen LogP contribution in [0, 0.1) is 5.92 Å². The molecular formula is C13H19NO3. The van der Waals surface area contributed by atoms with E-state index in [9.17, 15) is 4.79 Å². The SMILES string of the molecule is CC(CO)CNCC(C(=O)O)c1ccccc1. The van der Waals surface area contributed by atoms with Gasteiger partial charge in [0.25, 0.3) is 0 Å². The number of benzene rings is 1. The highest BCUT2D eigenvalue weighted by Crippen LogP contribution is 2.14. The fraction of sp³-hybridized carbons (Fsp3) is 0.462. The molecule has 94 valence electrons. The van der Waals surface area contributed by atoms with Gasteiger partial charge >= 0.3 is 5.97 Å². The summed E-state index contributed by atoms with van der Waals surface area (Å²) in [6.45, 7) is 3.01. The van der Waals surface area contributed by atoms with E-state index in [2.05, 4.69) is 5.32 Å². The van der Waals surface area contributed by atoms with Crippen molar-refractivity contribution in [1.82, 2.24) is 5.32 Å². The molecule has 0 aromatic heterocycles. The second kappa shape index (κ2) is 7.04. The Bertz CT molecular complexity index is 340. The molecule has 1 aromatic rings. The molecule has 17 heavy (non-hydrogen) atoms. The molecule has 0 amide bonds. The Balaban J connectivity index is 2.54. The van der Waals surface area contributed by atoms with Gasteiger partial charge in [0.15, 0.2) is 0 Å². The third-order valence-electron chi connectivity index (χ3n) is 2.65. The smallest absolute Gasteiger partial charge is 0.312 e. The highest BCUT2D eigenvalue weighted by molar-refractivity contribution is 5.76. The molecule has 0 radical (unpaired) electrons. The van der Waals surface area contributed by atoms with E-state index in [1.165, 1.54) is 0 Å². The molecule has 0 bridgehead atoms. The van der Waals surface area contributed by atoms with Gasteiger partial charge in [0, 0.05) is 13.2 Å². The largest absolute Gasteiger partial charge is 0.481 e. The van der Waals surface area contributed by atoms with Crippen molar-refractivity contribution in [3.05, 3.63) is 35.9 Å². The first-order chi connectivity index (χ1) is 8.15. The third-order valence-corrected chi connectivity index (χ3v) is 2.65. The topological polar surface area (TPSA) is 69.6 Å². The van der Waals surface area contributed by atoms with Crippen LogP contribution >= 0.6 is 0 Å². The highest BCUT2D eigenvalue weighted by atomic mass is 16.4. The first kappa shape index (κ1) is 13.7. The Kier molecular flexibility index (Phi) is 5.66. The van der Waals surface area contributed by atoms with E-state index in [4.69, 9.17) is 10.2 Å². The summed E-state index contributed by atoms with van der Waals surface area (Å²) in [6.07, 6.45) is 0. The van der Waals surface area contributed by atoms with Gasteiger partial charge in [-0.05, 0) is 18.0 Å². The van der Waals surface area contributed by atoms with Gasteiger partial charge in [-0.25, -0.2) is 0 Å². The lowest BCUT2D eigenvalue weighted by atomic mass is 9.99. The molecule has 0 spiro atoms. The normalized spacial score (nSPS) is 14.2. The van der Waals surface area contributed by atoms with Crippen LogP contribution in [0.3, 0.4) is 0 Å². The van der Waals surface area contributed by atoms with Gasteiger partial charge in [-0.15, -0.1) is 0 Å². The summed E-state index contributed by atoms with van der Waals surface area (Å²) in [5.74, 6) is -1.23. The van der Waals surface area contributed by atoms with E-state index >= 15 is 0 Å². The zero-order valence-corrected chi connectivity index (χ0v) is 9.97. The molecule has 2 atom stereocenters. The van der Waals surface area contributed by atoms with Crippen molar-refractivity contribution >= 4 is 5.97 Å². The van der Waals surface area contributed by atoms with Crippen molar-refractivity contribution in [2.45, 2.75) is 12.8 Å². The van der Waals surface area contributed by atoms with Gasteiger partial charge in [-0.2, -0.15) is 0 Å². The number of aliphatic hydroxyl groups is 1. The quantitative estimate of drug-likeness (QED) is 0.663. The molecule has 0 saturated heterocycles. The molecule has 0 aliphatic heterocycles. The standard InChI is InChI=1S/C13H19NO3/c1-10(9-15)7-14-8-12(13(16)17)11-5-3-2-4-6-11/h2-6,10,12,14-15H,7-9H2,1H3,(H,16,17). The summed E-state index contributed by atoms with van der Waals surface area (Å²) in [7, 11) is 0. The van der Waals surface area contributed by atoms with Crippen LogP contribution in [0.2, 0.25) is 0 Å². The number of rotatable bonds is 7. The minimum Gasteiger partial charge on any atom is -0.481 e. The molecule has 0 heterocycles. The monoisotopic (exact) mass is 237 g/mol. The van der Waals surface area contributed by atoms with Crippen LogP contribution in [0.25, 0.3) is 0 Å². The predicted octanol–water partition coefficient (Wildman–Crippen LogP) is 1.07. The van der Waals surface area contributed by atoms with Crippen LogP contribution in [0.1, 0.15) is 18.4 Å². The first-order valence-electron chi connectivity index (χ1n) is 5.74. The number of hydrogen-bond acceptors (Lipinski definition) is 3. The molecule has 1 rings (SSSR count). The van der Waals surface area contributed by atoms with Gasteiger partial charge in [-0.1, -0.05) is 37.3 Å². The summed E-state index contributed by atoms with van der Waals surface area (Å²) >= 11 is 0. The summed E-state index contributed by atoms with van der Waals surface area (Å²) in [4.78, 5) is 11.2. The molecule has 0 saturated carbocycles. The molecule has 0 fully saturated rings. The van der Waals surface area contributed by atoms with Crippen molar-refractivity contribution in [3.63, 3.8) is 0 Å². The van der Waals surface area contributed by atoms with E-state index in [1.54, 1.807) is 0 Å². The van der Waals surface area contributed by atoms with Crippen LogP contribution in [-0.4, -0.2) is 35.9 Å². The van der Waals surface area contributed by atoms with E-state index < -0.39 is 11.9 Å². The maximum Gasteiger partial charge on any atom is 0.312 e. The molecule has 1 aromatic carbocycles. The number of carbonyl (C=O) groups is 1. The van der Waals surface area contributed by atoms with Crippen molar-refractivity contribution in [3.8, 4) is 0 Å². The van der Waals surface area contributed by atoms with Crippen LogP contribution < -0.4 is 5.32 Å². The molecular weight excluding hydrogens is 218 g/mol. The molecule has 0 aliphatic rings. The molecule has 4 nitrogen and oxygen atoms in total. The summed E-state index contributed by atoms with van der Waals surface area (Å²) in [5, 5.41) is 21.1. The van der Waals surface area contributed by atoms with Gasteiger partial charge in [0.05, 0.1) is 5.92 Å². The van der Waals surface area contributed by atoms with Crippen LogP contribution in [0.5, 0.6) is 0 Å². The van der Waals surface area contributed by atoms with E-state index in [0.29, 0.717) is 13.1 Å². The van der Waals surface area contributed by atoms with Gasteiger partial charge in [0.1, 0.15) is 0 Å². The lowest BCUT2D eigenvalue weighted by Gasteiger charge is -2.15. The van der Waals surface area contributed by atoms with Crippen molar-refractivity contribution < 1.29 is 15.0 Å². The number of carboxylic acid groups (broad SMARTS) is 1. The molecule has 0 aliphatic carbocycles. The Hall–Kier alpha value is -1.39. The van der Waals surface area contributed by atoms with Crippen molar-refractivity contribution in [1.29, 1.82) is 0 Å². The first-order valence-corrected chi connectivity index (χ1v) is 5.74. The Morgan fingerprint density at radius 1 is 1.29 bits per heavy atom. The predicted molar refractivity (Wildman–Crippen MR) is 65.9 cm³/mol. The van der Waals surface area contributed by atoms with Crippen LogP contribution in [0.15, 0.2) is 30.3 Å². The lowest BCUT2D eigenvalue weighted by Crippen LogP contribution is -2.30. The fourth-order valence-corrected chi connectivity index (χ4v) is 1.57. The average molecular weight is 237 g/mol. The van der Waals surface area contributed by atoms with Crippen molar-refractivity contribution in [2.24, 2.45) is 5.92 Å². The summed E-state index contributed by atoms with van der Waals surface area (Å²) in [6, 6.07) is 9.17. The second-order valence-corrected chi connectivity index (χ2v) is 4.25. The number of hydrogen-bond donors (Lipinski definition) is 3. The average Bonchev–Trinajstić information content (AvgIpc) is 2.34. The minimum absolute atomic E-state index is 0.107. The lowest BCUT2D eigenvalue weighted by molar-refractivity contribution is -0.138. The fourth-order valence-electron chi connectivity index (χ4n) is 1.57. The Labute approximate surface area is 101 Å². The Morgan fingerprint density at radius 3 is 2.47 bits per heavy atom. The van der Waals surface area contributed by atoms with Crippen molar-refractivity contribution in [2.75, 3.05) is 19.7 Å². The summed E-state index contributed by atoms with van der Waals surface area (Å²) in [5.41, 5.74) is 0.796. The number of carboxylic acids is 1. The number of nitrogens with one attached hydrogen (secondary N) is 1. The van der Waals surface area contributed by atoms with E-state index in [1.807, 2.05) is 37.3 Å². The summed E-state index contributed by atoms with van der Waals surface area (Å²) < 4.78 is 0. The van der Waals surface area contributed by atoms with E-state index in [-0.39, 0.29) is 12.5 Å².